The molecule has 0 unspecified atom stereocenters. The van der Waals surface area contributed by atoms with Crippen LogP contribution >= 0.6 is 11.3 Å². The second-order valence-corrected chi connectivity index (χ2v) is 8.90. The number of esters is 2. The Bertz CT molecular complexity index is 1380. The van der Waals surface area contributed by atoms with Crippen LogP contribution in [0, 0.1) is 13.8 Å². The average molecular weight is 492 g/mol. The van der Waals surface area contributed by atoms with Crippen molar-refractivity contribution in [2.24, 2.45) is 0 Å². The van der Waals surface area contributed by atoms with Gasteiger partial charge in [-0.1, -0.05) is 12.1 Å². The van der Waals surface area contributed by atoms with E-state index in [2.05, 4.69) is 15.3 Å². The number of nitrogens with zero attached hydrogens (tertiary/aromatic N) is 2. The van der Waals surface area contributed by atoms with Crippen molar-refractivity contribution in [2.75, 3.05) is 26.1 Å². The van der Waals surface area contributed by atoms with Crippen molar-refractivity contribution in [2.45, 2.75) is 20.8 Å². The molecule has 0 aliphatic carbocycles. The number of aromatic nitrogens is 2. The quantitative estimate of drug-likeness (QED) is 0.329. The number of hydrogen-bond acceptors (Lipinski definition) is 9. The fourth-order valence-corrected chi connectivity index (χ4v) is 4.94. The summed E-state index contributed by atoms with van der Waals surface area (Å²) in [6, 6.07) is 12.5. The first-order valence-corrected chi connectivity index (χ1v) is 11.8. The molecule has 0 bridgehead atoms. The summed E-state index contributed by atoms with van der Waals surface area (Å²) in [5.41, 5.74) is 2.94. The van der Waals surface area contributed by atoms with Gasteiger partial charge in [0.15, 0.2) is 0 Å². The Morgan fingerprint density at radius 2 is 1.57 bits per heavy atom. The van der Waals surface area contributed by atoms with Crippen LogP contribution in [0.5, 0.6) is 5.75 Å². The van der Waals surface area contributed by atoms with Gasteiger partial charge in [-0.15, -0.1) is 11.3 Å². The summed E-state index contributed by atoms with van der Waals surface area (Å²) in [6.45, 7) is 6.41. The third-order valence-corrected chi connectivity index (χ3v) is 6.33. The summed E-state index contributed by atoms with van der Waals surface area (Å²) in [7, 11) is 2.57. The average Bonchev–Trinajstić information content (AvgIpc) is 3.19. The van der Waals surface area contributed by atoms with Gasteiger partial charge in [0.1, 0.15) is 22.2 Å². The van der Waals surface area contributed by atoms with E-state index < -0.39 is 11.9 Å². The number of carbonyl (C=O) groups is 2. The monoisotopic (exact) mass is 491 g/mol. The first kappa shape index (κ1) is 24.2. The Labute approximate surface area is 206 Å². The van der Waals surface area contributed by atoms with Crippen molar-refractivity contribution < 1.29 is 23.8 Å². The number of benzene rings is 2. The third kappa shape index (κ3) is 4.95. The minimum atomic E-state index is -0.565. The van der Waals surface area contributed by atoms with Crippen molar-refractivity contribution in [3.8, 4) is 16.9 Å². The van der Waals surface area contributed by atoms with E-state index in [9.17, 15) is 9.59 Å². The molecular formula is C26H25N3O5S. The van der Waals surface area contributed by atoms with Gasteiger partial charge < -0.3 is 19.5 Å². The smallest absolute Gasteiger partial charge is 0.337 e. The lowest BCUT2D eigenvalue weighted by atomic mass is 10.0. The number of thiophene rings is 1. The van der Waals surface area contributed by atoms with Gasteiger partial charge in [-0.05, 0) is 56.7 Å². The highest BCUT2D eigenvalue weighted by Gasteiger charge is 2.20. The number of carbonyl (C=O) groups excluding carboxylic acids is 2. The van der Waals surface area contributed by atoms with Crippen LogP contribution in [-0.4, -0.2) is 42.7 Å². The van der Waals surface area contributed by atoms with E-state index in [4.69, 9.17) is 14.2 Å². The molecule has 2 heterocycles. The summed E-state index contributed by atoms with van der Waals surface area (Å²) in [5.74, 6) is 0.831. The van der Waals surface area contributed by atoms with Crippen molar-refractivity contribution in [1.82, 2.24) is 9.97 Å². The number of methoxy groups -OCH3 is 2. The standard InChI is InChI=1S/C26H25N3O5S/c1-6-34-20-9-7-16(8-10-20)21-14(2)35-24-22(21)23(27-15(3)28-24)29-19-12-17(25(30)32-4)11-18(13-19)26(31)33-5/h7-13H,6H2,1-5H3,(H,27,28,29). The molecule has 9 heteroatoms. The van der Waals surface area contributed by atoms with Crippen molar-refractivity contribution in [1.29, 1.82) is 0 Å². The highest BCUT2D eigenvalue weighted by molar-refractivity contribution is 7.19. The maximum atomic E-state index is 12.2. The Morgan fingerprint density at radius 3 is 2.14 bits per heavy atom. The molecule has 4 rings (SSSR count). The van der Waals surface area contributed by atoms with Gasteiger partial charge in [0.05, 0.1) is 37.3 Å². The van der Waals surface area contributed by atoms with Gasteiger partial charge in [0, 0.05) is 16.1 Å². The van der Waals surface area contributed by atoms with Gasteiger partial charge in [-0.2, -0.15) is 0 Å². The molecule has 0 radical (unpaired) electrons. The summed E-state index contributed by atoms with van der Waals surface area (Å²) in [5, 5.41) is 4.15. The van der Waals surface area contributed by atoms with Gasteiger partial charge in [0.25, 0.3) is 0 Å². The highest BCUT2D eigenvalue weighted by Crippen LogP contribution is 2.42. The van der Waals surface area contributed by atoms with E-state index in [1.165, 1.54) is 20.3 Å². The molecular weight excluding hydrogens is 466 g/mol. The zero-order chi connectivity index (χ0) is 25.1. The molecule has 2 aromatic carbocycles. The van der Waals surface area contributed by atoms with Crippen LogP contribution in [0.3, 0.4) is 0 Å². The molecule has 2 aromatic heterocycles. The van der Waals surface area contributed by atoms with Crippen LogP contribution in [0.1, 0.15) is 38.3 Å². The molecule has 0 spiro atoms. The Hall–Kier alpha value is -3.98. The number of anilines is 2. The van der Waals surface area contributed by atoms with Crippen LogP contribution in [-0.2, 0) is 9.47 Å². The van der Waals surface area contributed by atoms with E-state index >= 15 is 0 Å². The minimum Gasteiger partial charge on any atom is -0.494 e. The normalized spacial score (nSPS) is 10.8. The van der Waals surface area contributed by atoms with E-state index in [-0.39, 0.29) is 11.1 Å². The molecule has 180 valence electrons. The summed E-state index contributed by atoms with van der Waals surface area (Å²) in [4.78, 5) is 35.7. The molecule has 0 amide bonds. The SMILES string of the molecule is CCOc1ccc(-c2c(C)sc3nc(C)nc(Nc4cc(C(=O)OC)cc(C(=O)OC)c4)c23)cc1. The fraction of sp³-hybridized carbons (Fsp3) is 0.231. The Morgan fingerprint density at radius 1 is 0.943 bits per heavy atom. The second kappa shape index (κ2) is 10.1. The molecule has 0 saturated carbocycles. The molecule has 0 saturated heterocycles. The number of rotatable bonds is 7. The third-order valence-electron chi connectivity index (χ3n) is 5.33. The lowest BCUT2D eigenvalue weighted by Gasteiger charge is -2.13. The summed E-state index contributed by atoms with van der Waals surface area (Å²) in [6.07, 6.45) is 0. The molecule has 4 aromatic rings. The molecule has 0 aliphatic heterocycles. The van der Waals surface area contributed by atoms with Crippen LogP contribution in [0.2, 0.25) is 0 Å². The topological polar surface area (TPSA) is 99.6 Å². The lowest BCUT2D eigenvalue weighted by molar-refractivity contribution is 0.0599. The molecule has 0 aliphatic rings. The maximum absolute atomic E-state index is 12.2. The highest BCUT2D eigenvalue weighted by atomic mass is 32.1. The number of hydrogen-bond donors (Lipinski definition) is 1. The molecule has 0 fully saturated rings. The molecule has 0 atom stereocenters. The first-order valence-electron chi connectivity index (χ1n) is 10.9. The van der Waals surface area contributed by atoms with Gasteiger partial charge in [0.2, 0.25) is 0 Å². The largest absolute Gasteiger partial charge is 0.494 e. The Balaban J connectivity index is 1.86. The van der Waals surface area contributed by atoms with Crippen molar-refractivity contribution in [3.05, 3.63) is 64.3 Å². The van der Waals surface area contributed by atoms with E-state index in [1.807, 2.05) is 45.0 Å². The summed E-state index contributed by atoms with van der Waals surface area (Å²) >= 11 is 1.58. The van der Waals surface area contributed by atoms with E-state index in [1.54, 1.807) is 23.5 Å². The predicted molar refractivity (Wildman–Crippen MR) is 136 cm³/mol. The first-order chi connectivity index (χ1) is 16.8. The zero-order valence-corrected chi connectivity index (χ0v) is 20.9. The lowest BCUT2D eigenvalue weighted by Crippen LogP contribution is -2.08. The van der Waals surface area contributed by atoms with E-state index in [0.717, 1.165) is 32.0 Å². The minimum absolute atomic E-state index is 0.216. The van der Waals surface area contributed by atoms with Gasteiger partial charge >= 0.3 is 11.9 Å². The van der Waals surface area contributed by atoms with Crippen molar-refractivity contribution in [3.63, 3.8) is 0 Å². The molecule has 35 heavy (non-hydrogen) atoms. The number of nitrogens with one attached hydrogen (secondary N) is 1. The van der Waals surface area contributed by atoms with Gasteiger partial charge in [-0.25, -0.2) is 19.6 Å². The van der Waals surface area contributed by atoms with Crippen LogP contribution < -0.4 is 10.1 Å². The Kier molecular flexibility index (Phi) is 6.97. The molecule has 1 N–H and O–H groups in total. The summed E-state index contributed by atoms with van der Waals surface area (Å²) < 4.78 is 15.3. The second-order valence-electron chi connectivity index (χ2n) is 7.70. The van der Waals surface area contributed by atoms with E-state index in [0.29, 0.717) is 23.9 Å². The van der Waals surface area contributed by atoms with Gasteiger partial charge in [-0.3, -0.25) is 0 Å². The van der Waals surface area contributed by atoms with Crippen LogP contribution in [0.4, 0.5) is 11.5 Å². The number of ether oxygens (including phenoxy) is 3. The maximum Gasteiger partial charge on any atom is 0.337 e. The number of aryl methyl sites for hydroxylation is 2. The molecule has 8 nitrogen and oxygen atoms in total. The van der Waals surface area contributed by atoms with Crippen molar-refractivity contribution >= 4 is 45.0 Å². The predicted octanol–water partition coefficient (Wildman–Crippen LogP) is 5.69. The van der Waals surface area contributed by atoms with Crippen LogP contribution in [0.25, 0.3) is 21.3 Å². The van der Waals surface area contributed by atoms with Crippen LogP contribution in [0.15, 0.2) is 42.5 Å². The number of fused-ring (bicyclic) bond motifs is 1. The zero-order valence-electron chi connectivity index (χ0n) is 20.1. The fourth-order valence-electron chi connectivity index (χ4n) is 3.85.